The van der Waals surface area contributed by atoms with Gasteiger partial charge in [0.15, 0.2) is 0 Å². The van der Waals surface area contributed by atoms with Crippen LogP contribution in [0, 0.1) is 0 Å². The van der Waals surface area contributed by atoms with Crippen molar-refractivity contribution in [3.8, 4) is 0 Å². The highest BCUT2D eigenvalue weighted by Gasteiger charge is 2.21. The fourth-order valence-electron chi connectivity index (χ4n) is 2.15. The van der Waals surface area contributed by atoms with E-state index in [9.17, 15) is 10.2 Å². The summed E-state index contributed by atoms with van der Waals surface area (Å²) in [6.45, 7) is 7.41. The molecule has 0 fully saturated rings. The summed E-state index contributed by atoms with van der Waals surface area (Å²) < 4.78 is 0. The van der Waals surface area contributed by atoms with Crippen molar-refractivity contribution < 1.29 is 10.2 Å². The lowest BCUT2D eigenvalue weighted by Gasteiger charge is -2.23. The van der Waals surface area contributed by atoms with E-state index >= 15 is 0 Å². The van der Waals surface area contributed by atoms with Gasteiger partial charge < -0.3 is 10.2 Å². The van der Waals surface area contributed by atoms with Gasteiger partial charge in [-0.3, -0.25) is 0 Å². The van der Waals surface area contributed by atoms with Crippen LogP contribution in [-0.4, -0.2) is 21.4 Å². The quantitative estimate of drug-likeness (QED) is 0.694. The minimum Gasteiger partial charge on any atom is -0.386 e. The first kappa shape index (κ1) is 17.5. The SMILES string of the molecule is CC1=C(Cl)C=CC(C)(O)C1.CC1=C(Cl)C=CC(C)(O)C1. The lowest BCUT2D eigenvalue weighted by Crippen LogP contribution is -2.23. The molecule has 0 spiro atoms. The summed E-state index contributed by atoms with van der Waals surface area (Å²) in [6, 6.07) is 0. The van der Waals surface area contributed by atoms with E-state index in [1.54, 1.807) is 38.2 Å². The second-order valence-corrected chi connectivity index (χ2v) is 6.81. The van der Waals surface area contributed by atoms with Crippen molar-refractivity contribution in [3.63, 3.8) is 0 Å². The zero-order valence-corrected chi connectivity index (χ0v) is 13.9. The zero-order chi connectivity index (χ0) is 15.6. The lowest BCUT2D eigenvalue weighted by atomic mass is 9.93. The second kappa shape index (κ2) is 6.48. The molecule has 2 aliphatic rings. The first-order chi connectivity index (χ1) is 9.02. The first-order valence-electron chi connectivity index (χ1n) is 6.56. The van der Waals surface area contributed by atoms with Gasteiger partial charge in [-0.05, 0) is 39.8 Å². The topological polar surface area (TPSA) is 40.5 Å². The van der Waals surface area contributed by atoms with E-state index in [4.69, 9.17) is 23.2 Å². The first-order valence-corrected chi connectivity index (χ1v) is 7.32. The van der Waals surface area contributed by atoms with Gasteiger partial charge in [-0.15, -0.1) is 0 Å². The summed E-state index contributed by atoms with van der Waals surface area (Å²) in [5.41, 5.74) is 0.716. The molecule has 0 amide bonds. The zero-order valence-electron chi connectivity index (χ0n) is 12.4. The highest BCUT2D eigenvalue weighted by Crippen LogP contribution is 2.28. The molecule has 0 aromatic carbocycles. The highest BCUT2D eigenvalue weighted by molar-refractivity contribution is 6.32. The van der Waals surface area contributed by atoms with Crippen LogP contribution < -0.4 is 0 Å². The highest BCUT2D eigenvalue weighted by atomic mass is 35.5. The molecule has 2 atom stereocenters. The van der Waals surface area contributed by atoms with Gasteiger partial charge in [0.25, 0.3) is 0 Å². The van der Waals surface area contributed by atoms with Crippen LogP contribution >= 0.6 is 23.2 Å². The molecule has 2 rings (SSSR count). The summed E-state index contributed by atoms with van der Waals surface area (Å²) in [5.74, 6) is 0. The maximum Gasteiger partial charge on any atom is 0.0840 e. The second-order valence-electron chi connectivity index (χ2n) is 5.99. The van der Waals surface area contributed by atoms with Crippen molar-refractivity contribution in [3.05, 3.63) is 45.5 Å². The van der Waals surface area contributed by atoms with E-state index in [0.29, 0.717) is 12.8 Å². The Morgan fingerprint density at radius 1 is 0.850 bits per heavy atom. The molecule has 0 aromatic rings. The summed E-state index contributed by atoms with van der Waals surface area (Å²) in [7, 11) is 0. The van der Waals surface area contributed by atoms with Crippen LogP contribution in [-0.2, 0) is 0 Å². The number of rotatable bonds is 0. The molecule has 0 saturated carbocycles. The Hall–Kier alpha value is -0.540. The molecule has 0 heterocycles. The Morgan fingerprint density at radius 2 is 1.15 bits per heavy atom. The third-order valence-electron chi connectivity index (χ3n) is 3.24. The molecule has 4 heteroatoms. The Labute approximate surface area is 131 Å². The van der Waals surface area contributed by atoms with Gasteiger partial charge in [0.05, 0.1) is 11.2 Å². The number of hydrogen-bond donors (Lipinski definition) is 2. The fraction of sp³-hybridized carbons (Fsp3) is 0.500. The number of halogens is 2. The Bertz CT molecular complexity index is 449. The molecule has 0 saturated heterocycles. The molecular weight excluding hydrogens is 295 g/mol. The summed E-state index contributed by atoms with van der Waals surface area (Å²) in [5, 5.41) is 20.5. The lowest BCUT2D eigenvalue weighted by molar-refractivity contribution is 0.110. The minimum absolute atomic E-state index is 0.641. The van der Waals surface area contributed by atoms with Gasteiger partial charge in [-0.25, -0.2) is 0 Å². The van der Waals surface area contributed by atoms with Gasteiger partial charge in [-0.1, -0.05) is 46.5 Å². The Morgan fingerprint density at radius 3 is 1.35 bits per heavy atom. The van der Waals surface area contributed by atoms with Gasteiger partial charge in [0, 0.05) is 22.9 Å². The number of hydrogen-bond acceptors (Lipinski definition) is 2. The van der Waals surface area contributed by atoms with Crippen LogP contribution in [0.5, 0.6) is 0 Å². The summed E-state index contributed by atoms with van der Waals surface area (Å²) in [6.07, 6.45) is 8.23. The molecule has 0 radical (unpaired) electrons. The van der Waals surface area contributed by atoms with Crippen LogP contribution in [0.2, 0.25) is 0 Å². The van der Waals surface area contributed by atoms with E-state index < -0.39 is 11.2 Å². The average molecular weight is 317 g/mol. The smallest absolute Gasteiger partial charge is 0.0840 e. The van der Waals surface area contributed by atoms with Crippen LogP contribution in [0.15, 0.2) is 45.5 Å². The van der Waals surface area contributed by atoms with Crippen molar-refractivity contribution in [1.82, 2.24) is 0 Å². The van der Waals surface area contributed by atoms with Gasteiger partial charge >= 0.3 is 0 Å². The Kier molecular flexibility index (Phi) is 5.68. The predicted molar refractivity (Wildman–Crippen MR) is 85.9 cm³/mol. The number of aliphatic hydroxyl groups is 2. The molecule has 2 nitrogen and oxygen atoms in total. The van der Waals surface area contributed by atoms with E-state index in [1.807, 2.05) is 13.8 Å². The average Bonchev–Trinajstić information content (AvgIpc) is 2.30. The van der Waals surface area contributed by atoms with E-state index in [-0.39, 0.29) is 0 Å². The predicted octanol–water partition coefficient (Wildman–Crippen LogP) is 4.42. The van der Waals surface area contributed by atoms with Crippen LogP contribution in [0.3, 0.4) is 0 Å². The molecule has 112 valence electrons. The van der Waals surface area contributed by atoms with Crippen molar-refractivity contribution in [2.75, 3.05) is 0 Å². The monoisotopic (exact) mass is 316 g/mol. The molecular formula is C16H22Cl2O2. The van der Waals surface area contributed by atoms with E-state index in [0.717, 1.165) is 21.2 Å². The molecule has 0 bridgehead atoms. The minimum atomic E-state index is -0.692. The van der Waals surface area contributed by atoms with Crippen molar-refractivity contribution in [2.24, 2.45) is 0 Å². The summed E-state index contributed by atoms with van der Waals surface area (Å²) >= 11 is 11.6. The van der Waals surface area contributed by atoms with Crippen LogP contribution in [0.25, 0.3) is 0 Å². The van der Waals surface area contributed by atoms with Crippen molar-refractivity contribution in [2.45, 2.75) is 51.7 Å². The third-order valence-corrected chi connectivity index (χ3v) is 4.14. The van der Waals surface area contributed by atoms with Crippen molar-refractivity contribution >= 4 is 23.2 Å². The fourth-order valence-corrected chi connectivity index (χ4v) is 2.41. The van der Waals surface area contributed by atoms with E-state index in [1.165, 1.54) is 0 Å². The molecule has 2 unspecified atom stereocenters. The maximum atomic E-state index is 9.48. The summed E-state index contributed by atoms with van der Waals surface area (Å²) in [4.78, 5) is 0. The molecule has 0 aliphatic heterocycles. The normalized spacial score (nSPS) is 33.2. The largest absolute Gasteiger partial charge is 0.386 e. The van der Waals surface area contributed by atoms with Crippen LogP contribution in [0.4, 0.5) is 0 Å². The van der Waals surface area contributed by atoms with Gasteiger partial charge in [0.2, 0.25) is 0 Å². The molecule has 0 aromatic heterocycles. The number of allylic oxidation sites excluding steroid dienone is 4. The van der Waals surface area contributed by atoms with Gasteiger partial charge in [0.1, 0.15) is 0 Å². The molecule has 2 N–H and O–H groups in total. The maximum absolute atomic E-state index is 9.48. The van der Waals surface area contributed by atoms with Gasteiger partial charge in [-0.2, -0.15) is 0 Å². The van der Waals surface area contributed by atoms with Crippen molar-refractivity contribution in [1.29, 1.82) is 0 Å². The van der Waals surface area contributed by atoms with E-state index in [2.05, 4.69) is 0 Å². The molecule has 2 aliphatic carbocycles. The molecule has 20 heavy (non-hydrogen) atoms. The Balaban J connectivity index is 0.000000200. The third kappa shape index (κ3) is 5.45. The standard InChI is InChI=1S/2C8H11ClO/c2*1-6-5-8(2,10)4-3-7(6)9/h2*3-4,10H,5H2,1-2H3. The van der Waals surface area contributed by atoms with Crippen LogP contribution in [0.1, 0.15) is 40.5 Å².